The molecule has 1 aliphatic heterocycles. The van der Waals surface area contributed by atoms with Crippen LogP contribution in [-0.2, 0) is 14.3 Å². The molecule has 0 aromatic heterocycles. The van der Waals surface area contributed by atoms with E-state index >= 15 is 0 Å². The second-order valence-corrected chi connectivity index (χ2v) is 6.44. The first-order chi connectivity index (χ1) is 13.9. The molecule has 0 fully saturated rings. The number of nitrogens with one attached hydrogen (secondary N) is 1. The lowest BCUT2D eigenvalue weighted by Crippen LogP contribution is -2.40. The summed E-state index contributed by atoms with van der Waals surface area (Å²) in [5, 5.41) is 2.70. The standard InChI is InChI=1S/C21H20N2O6/c1-13(24)14-6-7-18-17(11-14)23(20(26)12-29-18)9-8-19(25)22-16-5-3-4-15(10-16)21(27)28-2/h3-7,10-11H,8-9,12H2,1-2H3,(H,22,25). The van der Waals surface area contributed by atoms with Gasteiger partial charge in [0, 0.05) is 24.2 Å². The van der Waals surface area contributed by atoms with Gasteiger partial charge in [-0.1, -0.05) is 6.07 Å². The third-order valence-electron chi connectivity index (χ3n) is 4.44. The minimum absolute atomic E-state index is 0.0257. The maximum Gasteiger partial charge on any atom is 0.337 e. The van der Waals surface area contributed by atoms with Crippen molar-refractivity contribution in [3.63, 3.8) is 0 Å². The Balaban J connectivity index is 1.69. The predicted octanol–water partition coefficient (Wildman–Crippen LogP) is 2.43. The maximum atomic E-state index is 12.3. The third kappa shape index (κ3) is 4.60. The molecule has 1 heterocycles. The zero-order chi connectivity index (χ0) is 21.0. The topological polar surface area (TPSA) is 102 Å². The Morgan fingerprint density at radius 1 is 1.14 bits per heavy atom. The number of hydrogen-bond acceptors (Lipinski definition) is 6. The summed E-state index contributed by atoms with van der Waals surface area (Å²) in [4.78, 5) is 49.3. The number of ether oxygens (including phenoxy) is 2. The number of hydrogen-bond donors (Lipinski definition) is 1. The number of amides is 2. The van der Waals surface area contributed by atoms with Gasteiger partial charge in [0.1, 0.15) is 5.75 Å². The summed E-state index contributed by atoms with van der Waals surface area (Å²) >= 11 is 0. The lowest BCUT2D eigenvalue weighted by Gasteiger charge is -2.29. The third-order valence-corrected chi connectivity index (χ3v) is 4.44. The number of esters is 1. The molecule has 2 aromatic carbocycles. The van der Waals surface area contributed by atoms with E-state index in [2.05, 4.69) is 10.1 Å². The summed E-state index contributed by atoms with van der Waals surface area (Å²) in [5.74, 6) is -0.762. The number of ketones is 1. The summed E-state index contributed by atoms with van der Waals surface area (Å²) in [6.07, 6.45) is 0.0257. The SMILES string of the molecule is COC(=O)c1cccc(NC(=O)CCN2C(=O)COc3ccc(C(C)=O)cc32)c1. The van der Waals surface area contributed by atoms with Crippen LogP contribution in [0.1, 0.15) is 34.1 Å². The van der Waals surface area contributed by atoms with Gasteiger partial charge in [0.2, 0.25) is 5.91 Å². The van der Waals surface area contributed by atoms with Gasteiger partial charge in [-0.3, -0.25) is 14.4 Å². The molecule has 0 bridgehead atoms. The van der Waals surface area contributed by atoms with Crippen molar-refractivity contribution in [2.45, 2.75) is 13.3 Å². The first-order valence-corrected chi connectivity index (χ1v) is 8.95. The second-order valence-electron chi connectivity index (χ2n) is 6.44. The zero-order valence-corrected chi connectivity index (χ0v) is 16.1. The van der Waals surface area contributed by atoms with E-state index in [1.54, 1.807) is 36.4 Å². The highest BCUT2D eigenvalue weighted by Crippen LogP contribution is 2.33. The molecule has 0 radical (unpaired) electrons. The average Bonchev–Trinajstić information content (AvgIpc) is 2.72. The fraction of sp³-hybridized carbons (Fsp3) is 0.238. The van der Waals surface area contributed by atoms with Crippen LogP contribution in [-0.4, -0.2) is 43.8 Å². The summed E-state index contributed by atoms with van der Waals surface area (Å²) in [7, 11) is 1.28. The van der Waals surface area contributed by atoms with Gasteiger partial charge in [-0.2, -0.15) is 0 Å². The zero-order valence-electron chi connectivity index (χ0n) is 16.1. The number of rotatable bonds is 6. The van der Waals surface area contributed by atoms with E-state index in [4.69, 9.17) is 4.74 Å². The lowest BCUT2D eigenvalue weighted by molar-refractivity contribution is -0.121. The van der Waals surface area contributed by atoms with Crippen LogP contribution in [0.2, 0.25) is 0 Å². The van der Waals surface area contributed by atoms with E-state index in [1.807, 2.05) is 0 Å². The molecule has 1 N–H and O–H groups in total. The molecule has 8 nitrogen and oxygen atoms in total. The Hall–Kier alpha value is -3.68. The lowest BCUT2D eigenvalue weighted by atomic mass is 10.1. The van der Waals surface area contributed by atoms with Crippen molar-refractivity contribution in [2.75, 3.05) is 30.5 Å². The largest absolute Gasteiger partial charge is 0.482 e. The molecule has 150 valence electrons. The Bertz CT molecular complexity index is 985. The first kappa shape index (κ1) is 20.1. The van der Waals surface area contributed by atoms with Crippen LogP contribution in [0.3, 0.4) is 0 Å². The molecule has 0 saturated heterocycles. The maximum absolute atomic E-state index is 12.3. The van der Waals surface area contributed by atoms with Gasteiger partial charge >= 0.3 is 5.97 Å². The van der Waals surface area contributed by atoms with E-state index in [9.17, 15) is 19.2 Å². The Morgan fingerprint density at radius 2 is 1.93 bits per heavy atom. The molecular formula is C21H20N2O6. The molecule has 2 amide bonds. The number of Topliss-reactive ketones (excluding diaryl/α,β-unsaturated/α-hetero) is 1. The van der Waals surface area contributed by atoms with Gasteiger partial charge in [0.05, 0.1) is 18.4 Å². The fourth-order valence-electron chi connectivity index (χ4n) is 2.94. The molecule has 0 unspecified atom stereocenters. The Kier molecular flexibility index (Phi) is 5.92. The summed E-state index contributed by atoms with van der Waals surface area (Å²) in [6.45, 7) is 1.43. The molecule has 0 aliphatic carbocycles. The van der Waals surface area contributed by atoms with Gasteiger partial charge in [-0.15, -0.1) is 0 Å². The van der Waals surface area contributed by atoms with Crippen LogP contribution in [0.25, 0.3) is 0 Å². The first-order valence-electron chi connectivity index (χ1n) is 8.95. The Labute approximate surface area is 167 Å². The predicted molar refractivity (Wildman–Crippen MR) is 105 cm³/mol. The normalized spacial score (nSPS) is 12.6. The number of methoxy groups -OCH3 is 1. The number of carbonyl (C=O) groups excluding carboxylic acids is 4. The van der Waals surface area contributed by atoms with Crippen molar-refractivity contribution < 1.29 is 28.7 Å². The fourth-order valence-corrected chi connectivity index (χ4v) is 2.94. The van der Waals surface area contributed by atoms with Crippen molar-refractivity contribution in [2.24, 2.45) is 0 Å². The van der Waals surface area contributed by atoms with E-state index < -0.39 is 5.97 Å². The van der Waals surface area contributed by atoms with Crippen LogP contribution in [0, 0.1) is 0 Å². The highest BCUT2D eigenvalue weighted by molar-refractivity contribution is 6.02. The minimum Gasteiger partial charge on any atom is -0.482 e. The molecule has 0 saturated carbocycles. The van der Waals surface area contributed by atoms with Gasteiger partial charge in [0.15, 0.2) is 12.4 Å². The highest BCUT2D eigenvalue weighted by atomic mass is 16.5. The quantitative estimate of drug-likeness (QED) is 0.594. The van der Waals surface area contributed by atoms with Gasteiger partial charge in [-0.25, -0.2) is 4.79 Å². The summed E-state index contributed by atoms with van der Waals surface area (Å²) in [6, 6.07) is 11.2. The van der Waals surface area contributed by atoms with Crippen LogP contribution in [0.15, 0.2) is 42.5 Å². The molecular weight excluding hydrogens is 376 g/mol. The summed E-state index contributed by atoms with van der Waals surface area (Å²) < 4.78 is 10.1. The molecule has 1 aliphatic rings. The van der Waals surface area contributed by atoms with Crippen LogP contribution >= 0.6 is 0 Å². The second kappa shape index (κ2) is 8.55. The van der Waals surface area contributed by atoms with Crippen LogP contribution in [0.4, 0.5) is 11.4 Å². The number of carbonyl (C=O) groups is 4. The van der Waals surface area contributed by atoms with Gasteiger partial charge < -0.3 is 19.7 Å². The van der Waals surface area contributed by atoms with Gasteiger partial charge in [0.25, 0.3) is 5.91 Å². The Morgan fingerprint density at radius 3 is 2.66 bits per heavy atom. The van der Waals surface area contributed by atoms with Crippen molar-refractivity contribution in [1.82, 2.24) is 0 Å². The molecule has 2 aromatic rings. The van der Waals surface area contributed by atoms with E-state index in [0.717, 1.165) is 0 Å². The number of benzene rings is 2. The van der Waals surface area contributed by atoms with Crippen molar-refractivity contribution in [1.29, 1.82) is 0 Å². The molecule has 3 rings (SSSR count). The van der Waals surface area contributed by atoms with Crippen LogP contribution in [0.5, 0.6) is 5.75 Å². The molecule has 29 heavy (non-hydrogen) atoms. The molecule has 8 heteroatoms. The van der Waals surface area contributed by atoms with E-state index in [0.29, 0.717) is 28.3 Å². The number of fused-ring (bicyclic) bond motifs is 1. The smallest absolute Gasteiger partial charge is 0.337 e. The molecule has 0 atom stereocenters. The van der Waals surface area contributed by atoms with Crippen molar-refractivity contribution in [3.8, 4) is 5.75 Å². The van der Waals surface area contributed by atoms with E-state index in [1.165, 1.54) is 25.0 Å². The minimum atomic E-state index is -0.502. The van der Waals surface area contributed by atoms with Crippen molar-refractivity contribution in [3.05, 3.63) is 53.6 Å². The summed E-state index contributed by atoms with van der Waals surface area (Å²) in [5.41, 5.74) is 1.69. The van der Waals surface area contributed by atoms with E-state index in [-0.39, 0.29) is 37.2 Å². The number of anilines is 2. The monoisotopic (exact) mass is 396 g/mol. The van der Waals surface area contributed by atoms with Crippen molar-refractivity contribution >= 4 is 34.9 Å². The van der Waals surface area contributed by atoms with Gasteiger partial charge in [-0.05, 0) is 43.3 Å². The average molecular weight is 396 g/mol. The van der Waals surface area contributed by atoms with Crippen LogP contribution < -0.4 is 15.0 Å². The molecule has 0 spiro atoms. The number of nitrogens with zero attached hydrogens (tertiary/aromatic N) is 1. The highest BCUT2D eigenvalue weighted by Gasteiger charge is 2.26.